The number of rotatable bonds is 10. The third kappa shape index (κ3) is 5.55. The zero-order chi connectivity index (χ0) is 30.4. The number of hydrogen-bond acceptors (Lipinski definition) is 5. The number of aryl methyl sites for hydroxylation is 2. The second-order valence-electron chi connectivity index (χ2n) is 7.78. The summed E-state index contributed by atoms with van der Waals surface area (Å²) in [5.41, 5.74) is -0.264. The molecule has 1 amide bonds. The van der Waals surface area contributed by atoms with Gasteiger partial charge in [-0.2, -0.15) is 43.9 Å². The lowest BCUT2D eigenvalue weighted by molar-refractivity contribution is -0.406. The van der Waals surface area contributed by atoms with Crippen molar-refractivity contribution in [1.82, 2.24) is 9.97 Å². The van der Waals surface area contributed by atoms with Crippen LogP contribution < -0.4 is 10.0 Å². The topological polar surface area (TPSA) is 101 Å². The SMILES string of the molecule is Cc1cc(C)nc(NS(=O)(=O)c2ccc(NC(=O)C(F)(F)C(F)(F)C(F)(F)C(F)(F)C(F)(F)C(F)F)cc2)n1. The summed E-state index contributed by atoms with van der Waals surface area (Å²) in [6, 6.07) is 3.61. The fourth-order valence-electron chi connectivity index (χ4n) is 2.76. The van der Waals surface area contributed by atoms with Crippen molar-refractivity contribution >= 4 is 27.6 Å². The summed E-state index contributed by atoms with van der Waals surface area (Å²) in [5, 5.41) is 0.894. The minimum Gasteiger partial charge on any atom is -0.321 e. The van der Waals surface area contributed by atoms with Crippen molar-refractivity contribution in [2.75, 3.05) is 10.0 Å². The normalized spacial score (nSPS) is 13.9. The highest BCUT2D eigenvalue weighted by atomic mass is 32.2. The molecule has 0 fully saturated rings. The van der Waals surface area contributed by atoms with E-state index in [1.807, 2.05) is 4.72 Å². The first-order valence-electron chi connectivity index (χ1n) is 9.85. The van der Waals surface area contributed by atoms with Gasteiger partial charge in [-0.15, -0.1) is 0 Å². The molecular weight excluding hydrogens is 592 g/mol. The average Bonchev–Trinajstić information content (AvgIpc) is 2.77. The number of carbonyl (C=O) groups is 1. The van der Waals surface area contributed by atoms with E-state index < -0.39 is 62.6 Å². The molecule has 7 nitrogen and oxygen atoms in total. The van der Waals surface area contributed by atoms with E-state index in [1.165, 1.54) is 19.9 Å². The molecule has 0 saturated heterocycles. The molecule has 1 heterocycles. The van der Waals surface area contributed by atoms with Gasteiger partial charge in [0.1, 0.15) is 0 Å². The standard InChI is InChI=1S/C19H14F12N4O3S/c1-8-7-9(2)33-14(32-8)35-39(37,38)11-5-3-10(4-6-11)34-13(36)16(24,25)18(28,29)19(30,31)17(26,27)15(22,23)12(20)21/h3-7,12H,1-2H3,(H,34,36)(H,32,33,35). The second kappa shape index (κ2) is 10.0. The number of benzene rings is 1. The first-order valence-corrected chi connectivity index (χ1v) is 11.3. The lowest BCUT2D eigenvalue weighted by Crippen LogP contribution is -2.70. The average molecular weight is 606 g/mol. The minimum atomic E-state index is -7.87. The van der Waals surface area contributed by atoms with Crippen LogP contribution in [0.3, 0.4) is 0 Å². The largest absolute Gasteiger partial charge is 0.393 e. The predicted molar refractivity (Wildman–Crippen MR) is 108 cm³/mol. The lowest BCUT2D eigenvalue weighted by Gasteiger charge is -2.38. The number of alkyl halides is 12. The van der Waals surface area contributed by atoms with Gasteiger partial charge in [0.15, 0.2) is 0 Å². The van der Waals surface area contributed by atoms with Gasteiger partial charge in [0.05, 0.1) is 4.90 Å². The van der Waals surface area contributed by atoms with Gasteiger partial charge >= 0.3 is 41.9 Å². The molecule has 0 bridgehead atoms. The summed E-state index contributed by atoms with van der Waals surface area (Å²) in [6.45, 7) is 3.01. The van der Waals surface area contributed by atoms with Crippen molar-refractivity contribution in [2.45, 2.75) is 54.8 Å². The number of nitrogens with one attached hydrogen (secondary N) is 2. The Morgan fingerprint density at radius 3 is 1.69 bits per heavy atom. The van der Waals surface area contributed by atoms with Crippen LogP contribution in [0.15, 0.2) is 35.2 Å². The van der Waals surface area contributed by atoms with Gasteiger partial charge < -0.3 is 5.32 Å². The van der Waals surface area contributed by atoms with Crippen LogP contribution in [0.4, 0.5) is 64.3 Å². The number of hydrogen-bond donors (Lipinski definition) is 2. The van der Waals surface area contributed by atoms with Crippen LogP contribution in [-0.4, -0.2) is 60.3 Å². The Morgan fingerprint density at radius 2 is 1.26 bits per heavy atom. The smallest absolute Gasteiger partial charge is 0.321 e. The van der Waals surface area contributed by atoms with Crippen LogP contribution in [0.2, 0.25) is 0 Å². The zero-order valence-electron chi connectivity index (χ0n) is 19.0. The molecule has 2 rings (SSSR count). The highest BCUT2D eigenvalue weighted by Crippen LogP contribution is 2.58. The third-order valence-corrected chi connectivity index (χ3v) is 6.14. The van der Waals surface area contributed by atoms with Gasteiger partial charge in [0, 0.05) is 17.1 Å². The number of anilines is 2. The summed E-state index contributed by atoms with van der Waals surface area (Å²) in [6.07, 6.45) is -5.68. The van der Waals surface area contributed by atoms with Gasteiger partial charge in [-0.3, -0.25) is 4.79 Å². The van der Waals surface area contributed by atoms with Crippen molar-refractivity contribution in [3.05, 3.63) is 41.7 Å². The van der Waals surface area contributed by atoms with E-state index in [0.717, 1.165) is 5.32 Å². The number of sulfonamides is 1. The highest BCUT2D eigenvalue weighted by Gasteiger charge is 2.89. The molecule has 218 valence electrons. The van der Waals surface area contributed by atoms with Crippen LogP contribution in [0, 0.1) is 13.8 Å². The molecule has 0 aliphatic rings. The lowest BCUT2D eigenvalue weighted by atomic mass is 9.94. The van der Waals surface area contributed by atoms with Crippen molar-refractivity contribution in [1.29, 1.82) is 0 Å². The van der Waals surface area contributed by atoms with E-state index in [2.05, 4.69) is 9.97 Å². The summed E-state index contributed by atoms with van der Waals surface area (Å²) in [7, 11) is -4.47. The number of carbonyl (C=O) groups excluding carboxylic acids is 1. The molecule has 0 radical (unpaired) electrons. The summed E-state index contributed by atoms with van der Waals surface area (Å²) in [5.74, 6) is -41.2. The molecular formula is C19H14F12N4O3S. The highest BCUT2D eigenvalue weighted by molar-refractivity contribution is 7.92. The maximum absolute atomic E-state index is 13.9. The van der Waals surface area contributed by atoms with Crippen LogP contribution in [-0.2, 0) is 14.8 Å². The summed E-state index contributed by atoms with van der Waals surface area (Å²) in [4.78, 5) is 18.6. The molecule has 0 aliphatic heterocycles. The first-order chi connectivity index (χ1) is 17.4. The summed E-state index contributed by atoms with van der Waals surface area (Å²) >= 11 is 0. The molecule has 1 aromatic heterocycles. The molecule has 0 unspecified atom stereocenters. The Balaban J connectivity index is 2.30. The van der Waals surface area contributed by atoms with Crippen molar-refractivity contribution in [3.8, 4) is 0 Å². The maximum atomic E-state index is 13.9. The molecule has 0 spiro atoms. The van der Waals surface area contributed by atoms with E-state index in [-0.39, 0.29) is 5.95 Å². The Kier molecular flexibility index (Phi) is 8.19. The predicted octanol–water partition coefficient (Wildman–Crippen LogP) is 5.27. The van der Waals surface area contributed by atoms with Crippen molar-refractivity contribution < 1.29 is 65.9 Å². The number of nitrogens with zero attached hydrogens (tertiary/aromatic N) is 2. The molecule has 0 aliphatic carbocycles. The van der Waals surface area contributed by atoms with Crippen molar-refractivity contribution in [2.24, 2.45) is 0 Å². The van der Waals surface area contributed by atoms with Gasteiger partial charge in [0.25, 0.3) is 10.0 Å². The van der Waals surface area contributed by atoms with Crippen LogP contribution in [0.25, 0.3) is 0 Å². The second-order valence-corrected chi connectivity index (χ2v) is 9.46. The Morgan fingerprint density at radius 1 is 0.795 bits per heavy atom. The fourth-order valence-corrected chi connectivity index (χ4v) is 3.70. The van der Waals surface area contributed by atoms with Gasteiger partial charge in [-0.25, -0.2) is 31.9 Å². The molecule has 2 N–H and O–H groups in total. The summed E-state index contributed by atoms with van der Waals surface area (Å²) < 4.78 is 186. The van der Waals surface area contributed by atoms with Crippen molar-refractivity contribution in [3.63, 3.8) is 0 Å². The Hall–Kier alpha value is -3.32. The molecule has 2 aromatic rings. The van der Waals surface area contributed by atoms with Gasteiger partial charge in [0.2, 0.25) is 5.95 Å². The Labute approximate surface area is 210 Å². The van der Waals surface area contributed by atoms with E-state index >= 15 is 0 Å². The monoisotopic (exact) mass is 606 g/mol. The molecule has 1 aromatic carbocycles. The molecule has 20 heteroatoms. The van der Waals surface area contributed by atoms with Crippen LogP contribution in [0.5, 0.6) is 0 Å². The number of amides is 1. The van der Waals surface area contributed by atoms with E-state index in [9.17, 15) is 65.9 Å². The van der Waals surface area contributed by atoms with Gasteiger partial charge in [-0.1, -0.05) is 0 Å². The van der Waals surface area contributed by atoms with E-state index in [1.54, 1.807) is 0 Å². The molecule has 0 atom stereocenters. The molecule has 0 saturated carbocycles. The Bertz CT molecular complexity index is 1320. The van der Waals surface area contributed by atoms with Crippen LogP contribution in [0.1, 0.15) is 11.4 Å². The quantitative estimate of drug-likeness (QED) is 0.359. The molecule has 39 heavy (non-hydrogen) atoms. The minimum absolute atomic E-state index is 0.359. The fraction of sp³-hybridized carbons (Fsp3) is 0.421. The van der Waals surface area contributed by atoms with Gasteiger partial charge in [-0.05, 0) is 44.2 Å². The number of aromatic nitrogens is 2. The van der Waals surface area contributed by atoms with Crippen LogP contribution >= 0.6 is 0 Å². The number of halogens is 12. The zero-order valence-corrected chi connectivity index (χ0v) is 19.8. The third-order valence-electron chi connectivity index (χ3n) is 4.79. The van der Waals surface area contributed by atoms with E-state index in [4.69, 9.17) is 0 Å². The maximum Gasteiger partial charge on any atom is 0.393 e. The van der Waals surface area contributed by atoms with E-state index in [0.29, 0.717) is 35.7 Å². The first kappa shape index (κ1) is 31.9.